The average Bonchev–Trinajstić information content (AvgIpc) is 2.78. The van der Waals surface area contributed by atoms with Crippen molar-refractivity contribution in [2.24, 2.45) is 0 Å². The van der Waals surface area contributed by atoms with Crippen LogP contribution in [-0.4, -0.2) is 58.0 Å². The average molecular weight is 412 g/mol. The Labute approximate surface area is 177 Å². The predicted molar refractivity (Wildman–Crippen MR) is 118 cm³/mol. The van der Waals surface area contributed by atoms with Gasteiger partial charge in [-0.2, -0.15) is 0 Å². The van der Waals surface area contributed by atoms with Crippen LogP contribution in [0.25, 0.3) is 0 Å². The molecule has 1 aromatic carbocycles. The summed E-state index contributed by atoms with van der Waals surface area (Å²) in [5.41, 5.74) is 1.87. The van der Waals surface area contributed by atoms with Crippen molar-refractivity contribution in [1.29, 1.82) is 0 Å². The fourth-order valence-corrected chi connectivity index (χ4v) is 4.57. The third-order valence-electron chi connectivity index (χ3n) is 5.22. The summed E-state index contributed by atoms with van der Waals surface area (Å²) in [6.45, 7) is 4.30. The second-order valence-corrected chi connectivity index (χ2v) is 8.32. The monoisotopic (exact) mass is 411 g/mol. The zero-order valence-electron chi connectivity index (χ0n) is 17.0. The van der Waals surface area contributed by atoms with Gasteiger partial charge in [-0.25, -0.2) is 0 Å². The molecule has 2 amide bonds. The van der Waals surface area contributed by atoms with Crippen LogP contribution in [0.4, 0.5) is 0 Å². The molecule has 1 aliphatic heterocycles. The quantitative estimate of drug-likeness (QED) is 0.662. The molecule has 1 aliphatic rings. The Hall–Kier alpha value is -2.34. The predicted octanol–water partition coefficient (Wildman–Crippen LogP) is 3.86. The standard InChI is InChI=1S/C23H29N3O2S/c1-2-13-26(22(27)18-29-17-19-7-6-12-24-16-19)21-10-14-25(15-11-21)23(28)20-8-4-3-5-9-20/h3-9,12,16,21H,2,10-11,13-15,17-18H2,1H3. The van der Waals surface area contributed by atoms with E-state index in [1.54, 1.807) is 18.0 Å². The fourth-order valence-electron chi connectivity index (χ4n) is 3.72. The van der Waals surface area contributed by atoms with Crippen LogP contribution in [0.2, 0.25) is 0 Å². The van der Waals surface area contributed by atoms with Gasteiger partial charge in [-0.15, -0.1) is 11.8 Å². The number of benzene rings is 1. The lowest BCUT2D eigenvalue weighted by molar-refractivity contribution is -0.131. The molecule has 5 nitrogen and oxygen atoms in total. The van der Waals surface area contributed by atoms with E-state index in [0.717, 1.165) is 42.7 Å². The van der Waals surface area contributed by atoms with Crippen molar-refractivity contribution in [3.05, 3.63) is 66.0 Å². The van der Waals surface area contributed by atoms with E-state index in [4.69, 9.17) is 0 Å². The van der Waals surface area contributed by atoms with Gasteiger partial charge in [-0.1, -0.05) is 31.2 Å². The van der Waals surface area contributed by atoms with Crippen LogP contribution in [0.15, 0.2) is 54.9 Å². The Bertz CT molecular complexity index is 777. The molecule has 0 N–H and O–H groups in total. The van der Waals surface area contributed by atoms with E-state index in [9.17, 15) is 9.59 Å². The van der Waals surface area contributed by atoms with Gasteiger partial charge in [-0.05, 0) is 43.0 Å². The molecule has 29 heavy (non-hydrogen) atoms. The first-order valence-electron chi connectivity index (χ1n) is 10.3. The van der Waals surface area contributed by atoms with E-state index in [1.807, 2.05) is 58.5 Å². The first-order valence-corrected chi connectivity index (χ1v) is 11.4. The highest BCUT2D eigenvalue weighted by molar-refractivity contribution is 7.99. The van der Waals surface area contributed by atoms with Crippen LogP contribution in [0.1, 0.15) is 42.1 Å². The minimum atomic E-state index is 0.0874. The third-order valence-corrected chi connectivity index (χ3v) is 6.20. The number of hydrogen-bond donors (Lipinski definition) is 0. The highest BCUT2D eigenvalue weighted by Gasteiger charge is 2.29. The van der Waals surface area contributed by atoms with Gasteiger partial charge in [0.1, 0.15) is 0 Å². The number of rotatable bonds is 8. The number of carbonyl (C=O) groups excluding carboxylic acids is 2. The van der Waals surface area contributed by atoms with E-state index in [-0.39, 0.29) is 17.9 Å². The van der Waals surface area contributed by atoms with Crippen molar-refractivity contribution in [2.75, 3.05) is 25.4 Å². The number of carbonyl (C=O) groups is 2. The number of likely N-dealkylation sites (tertiary alicyclic amines) is 1. The minimum Gasteiger partial charge on any atom is -0.339 e. The smallest absolute Gasteiger partial charge is 0.253 e. The maximum absolute atomic E-state index is 12.9. The zero-order chi connectivity index (χ0) is 20.5. The number of aromatic nitrogens is 1. The first kappa shape index (κ1) is 21.4. The number of nitrogens with zero attached hydrogens (tertiary/aromatic N) is 3. The molecule has 0 bridgehead atoms. The number of hydrogen-bond acceptors (Lipinski definition) is 4. The molecular weight excluding hydrogens is 382 g/mol. The summed E-state index contributed by atoms with van der Waals surface area (Å²) in [4.78, 5) is 33.6. The van der Waals surface area contributed by atoms with E-state index < -0.39 is 0 Å². The lowest BCUT2D eigenvalue weighted by atomic mass is 10.0. The van der Waals surface area contributed by atoms with Gasteiger partial charge in [0, 0.05) is 49.4 Å². The van der Waals surface area contributed by atoms with Crippen molar-refractivity contribution in [2.45, 2.75) is 38.0 Å². The molecule has 154 valence electrons. The molecule has 0 unspecified atom stereocenters. The van der Waals surface area contributed by atoms with E-state index >= 15 is 0 Å². The molecule has 0 atom stereocenters. The molecule has 0 radical (unpaired) electrons. The van der Waals surface area contributed by atoms with Gasteiger partial charge in [0.15, 0.2) is 0 Å². The van der Waals surface area contributed by atoms with Crippen LogP contribution in [0.5, 0.6) is 0 Å². The van der Waals surface area contributed by atoms with Crippen molar-refractivity contribution < 1.29 is 9.59 Å². The van der Waals surface area contributed by atoms with E-state index in [1.165, 1.54) is 0 Å². The van der Waals surface area contributed by atoms with Crippen LogP contribution in [0, 0.1) is 0 Å². The fraction of sp³-hybridized carbons (Fsp3) is 0.435. The Morgan fingerprint density at radius 3 is 2.55 bits per heavy atom. The summed E-state index contributed by atoms with van der Waals surface area (Å²) in [7, 11) is 0. The van der Waals surface area contributed by atoms with Gasteiger partial charge >= 0.3 is 0 Å². The maximum atomic E-state index is 12.9. The summed E-state index contributed by atoms with van der Waals surface area (Å²) in [5.74, 6) is 1.57. The van der Waals surface area contributed by atoms with Crippen LogP contribution in [0.3, 0.4) is 0 Å². The molecular formula is C23H29N3O2S. The van der Waals surface area contributed by atoms with Gasteiger partial charge in [0.05, 0.1) is 5.75 Å². The van der Waals surface area contributed by atoms with E-state index in [2.05, 4.69) is 11.9 Å². The summed E-state index contributed by atoms with van der Waals surface area (Å²) < 4.78 is 0. The Kier molecular flexibility index (Phi) is 8.11. The maximum Gasteiger partial charge on any atom is 0.253 e. The Morgan fingerprint density at radius 2 is 1.90 bits per heavy atom. The van der Waals surface area contributed by atoms with Crippen molar-refractivity contribution in [3.8, 4) is 0 Å². The molecule has 0 saturated carbocycles. The largest absolute Gasteiger partial charge is 0.339 e. The van der Waals surface area contributed by atoms with Crippen LogP contribution in [-0.2, 0) is 10.5 Å². The lowest BCUT2D eigenvalue weighted by Gasteiger charge is -2.38. The molecule has 0 spiro atoms. The van der Waals surface area contributed by atoms with Crippen molar-refractivity contribution in [3.63, 3.8) is 0 Å². The highest BCUT2D eigenvalue weighted by atomic mass is 32.2. The molecule has 2 aromatic rings. The molecule has 1 fully saturated rings. The van der Waals surface area contributed by atoms with Gasteiger partial charge in [0.25, 0.3) is 5.91 Å². The topological polar surface area (TPSA) is 53.5 Å². The summed E-state index contributed by atoms with van der Waals surface area (Å²) >= 11 is 1.64. The Morgan fingerprint density at radius 1 is 1.14 bits per heavy atom. The van der Waals surface area contributed by atoms with E-state index in [0.29, 0.717) is 18.8 Å². The number of thioether (sulfide) groups is 1. The normalized spacial score (nSPS) is 14.6. The molecule has 0 aliphatic carbocycles. The lowest BCUT2D eigenvalue weighted by Crippen LogP contribution is -2.49. The molecule has 1 saturated heterocycles. The highest BCUT2D eigenvalue weighted by Crippen LogP contribution is 2.21. The number of piperidine rings is 1. The van der Waals surface area contributed by atoms with Gasteiger partial charge in [0.2, 0.25) is 5.91 Å². The van der Waals surface area contributed by atoms with Crippen molar-refractivity contribution in [1.82, 2.24) is 14.8 Å². The number of amides is 2. The summed E-state index contributed by atoms with van der Waals surface area (Å²) in [6, 6.07) is 13.6. The molecule has 2 heterocycles. The minimum absolute atomic E-state index is 0.0874. The molecule has 6 heteroatoms. The number of pyridine rings is 1. The molecule has 3 rings (SSSR count). The molecule has 1 aromatic heterocycles. The Balaban J connectivity index is 1.50. The second-order valence-electron chi connectivity index (χ2n) is 7.33. The second kappa shape index (κ2) is 11.0. The van der Waals surface area contributed by atoms with Crippen molar-refractivity contribution >= 4 is 23.6 Å². The van der Waals surface area contributed by atoms with Gasteiger partial charge in [-0.3, -0.25) is 14.6 Å². The summed E-state index contributed by atoms with van der Waals surface area (Å²) in [5, 5.41) is 0. The van der Waals surface area contributed by atoms with Crippen LogP contribution < -0.4 is 0 Å². The van der Waals surface area contributed by atoms with Crippen LogP contribution >= 0.6 is 11.8 Å². The van der Waals surface area contributed by atoms with Gasteiger partial charge < -0.3 is 9.80 Å². The zero-order valence-corrected chi connectivity index (χ0v) is 17.8. The SMILES string of the molecule is CCCN(C(=O)CSCc1cccnc1)C1CCN(C(=O)c2ccccc2)CC1. The first-order chi connectivity index (χ1) is 14.2. The summed E-state index contributed by atoms with van der Waals surface area (Å²) in [6.07, 6.45) is 6.25. The third kappa shape index (κ3) is 6.07.